The lowest BCUT2D eigenvalue weighted by molar-refractivity contribution is 0.0657. The zero-order valence-corrected chi connectivity index (χ0v) is 10.5. The highest BCUT2D eigenvalue weighted by atomic mass is 79.9. The van der Waals surface area contributed by atoms with Crippen LogP contribution in [0.25, 0.3) is 0 Å². The second kappa shape index (κ2) is 5.07. The molecule has 5 heteroatoms. The number of aromatic nitrogens is 3. The molecule has 0 spiro atoms. The van der Waals surface area contributed by atoms with Crippen LogP contribution in [0.5, 0.6) is 0 Å². The van der Waals surface area contributed by atoms with Crippen LogP contribution in [0.4, 0.5) is 0 Å². The van der Waals surface area contributed by atoms with Crippen molar-refractivity contribution in [3.8, 4) is 0 Å². The maximum absolute atomic E-state index is 5.33. The Morgan fingerprint density at radius 1 is 1.60 bits per heavy atom. The molecule has 15 heavy (non-hydrogen) atoms. The van der Waals surface area contributed by atoms with E-state index in [-0.39, 0.29) is 0 Å². The molecule has 2 heterocycles. The second-order valence-corrected chi connectivity index (χ2v) is 4.95. The van der Waals surface area contributed by atoms with Gasteiger partial charge in [0.15, 0.2) is 0 Å². The molecule has 1 fully saturated rings. The molecule has 2 rings (SSSR count). The summed E-state index contributed by atoms with van der Waals surface area (Å²) < 4.78 is 7.31. The first-order chi connectivity index (χ1) is 7.31. The van der Waals surface area contributed by atoms with Crippen molar-refractivity contribution in [1.29, 1.82) is 0 Å². The van der Waals surface area contributed by atoms with Gasteiger partial charge in [0.1, 0.15) is 0 Å². The van der Waals surface area contributed by atoms with Crippen LogP contribution >= 0.6 is 15.9 Å². The Hall–Kier alpha value is -0.420. The quantitative estimate of drug-likeness (QED) is 0.795. The van der Waals surface area contributed by atoms with Crippen molar-refractivity contribution < 1.29 is 4.74 Å². The normalized spacial score (nSPS) is 20.4. The minimum Gasteiger partial charge on any atom is -0.381 e. The van der Waals surface area contributed by atoms with Crippen LogP contribution in [0.2, 0.25) is 0 Å². The summed E-state index contributed by atoms with van der Waals surface area (Å²) >= 11 is 3.58. The Labute approximate surface area is 98.1 Å². The van der Waals surface area contributed by atoms with E-state index in [4.69, 9.17) is 4.74 Å². The summed E-state index contributed by atoms with van der Waals surface area (Å²) in [5, 5.41) is 8.38. The molecule has 0 aromatic carbocycles. The summed E-state index contributed by atoms with van der Waals surface area (Å²) in [5.41, 5.74) is 1.03. The van der Waals surface area contributed by atoms with Crippen LogP contribution in [0.15, 0.2) is 6.20 Å². The summed E-state index contributed by atoms with van der Waals surface area (Å²) in [4.78, 5) is 0.325. The molecule has 1 aliphatic rings. The molecule has 4 nitrogen and oxygen atoms in total. The topological polar surface area (TPSA) is 39.9 Å². The van der Waals surface area contributed by atoms with Gasteiger partial charge in [-0.15, -0.1) is 5.10 Å². The minimum absolute atomic E-state index is 0.325. The van der Waals surface area contributed by atoms with Crippen molar-refractivity contribution in [3.05, 3.63) is 11.9 Å². The number of hydrogen-bond acceptors (Lipinski definition) is 3. The molecular weight excluding hydrogens is 258 g/mol. The van der Waals surface area contributed by atoms with E-state index in [1.165, 1.54) is 0 Å². The van der Waals surface area contributed by atoms with E-state index >= 15 is 0 Å². The first-order valence-electron chi connectivity index (χ1n) is 5.44. The van der Waals surface area contributed by atoms with Crippen molar-refractivity contribution in [2.45, 2.75) is 37.1 Å². The highest BCUT2D eigenvalue weighted by molar-refractivity contribution is 9.09. The lowest BCUT2D eigenvalue weighted by Crippen LogP contribution is -2.19. The van der Waals surface area contributed by atoms with Gasteiger partial charge in [-0.1, -0.05) is 28.1 Å². The van der Waals surface area contributed by atoms with Gasteiger partial charge >= 0.3 is 0 Å². The molecule has 1 atom stereocenters. The number of rotatable bonds is 3. The fourth-order valence-electron chi connectivity index (χ4n) is 1.77. The zero-order valence-electron chi connectivity index (χ0n) is 8.90. The van der Waals surface area contributed by atoms with E-state index < -0.39 is 0 Å². The fraction of sp³-hybridized carbons (Fsp3) is 0.800. The van der Waals surface area contributed by atoms with Gasteiger partial charge in [-0.05, 0) is 19.3 Å². The van der Waals surface area contributed by atoms with Crippen molar-refractivity contribution in [2.75, 3.05) is 13.2 Å². The first kappa shape index (κ1) is 11.1. The summed E-state index contributed by atoms with van der Waals surface area (Å²) in [6, 6.07) is 0.469. The zero-order chi connectivity index (χ0) is 10.7. The Morgan fingerprint density at radius 2 is 2.33 bits per heavy atom. The first-order valence-corrected chi connectivity index (χ1v) is 6.36. The highest BCUT2D eigenvalue weighted by Gasteiger charge is 2.18. The molecule has 1 aromatic rings. The number of halogens is 1. The number of nitrogens with zero attached hydrogens (tertiary/aromatic N) is 3. The van der Waals surface area contributed by atoms with Crippen LogP contribution < -0.4 is 0 Å². The minimum atomic E-state index is 0.325. The Bertz CT molecular complexity index is 309. The van der Waals surface area contributed by atoms with Gasteiger partial charge in [-0.2, -0.15) is 0 Å². The monoisotopic (exact) mass is 273 g/mol. The van der Waals surface area contributed by atoms with E-state index in [1.54, 1.807) is 0 Å². The summed E-state index contributed by atoms with van der Waals surface area (Å²) in [5.74, 6) is 0. The smallest absolute Gasteiger partial charge is 0.0963 e. The second-order valence-electron chi connectivity index (χ2n) is 3.84. The summed E-state index contributed by atoms with van der Waals surface area (Å²) in [7, 11) is 0. The standard InChI is InChI=1S/C10H16BrN3O/c1-2-9(11)10-7-14(13-12-10)8-3-5-15-6-4-8/h7-9H,2-6H2,1H3. The Balaban J connectivity index is 2.05. The maximum atomic E-state index is 5.33. The number of ether oxygens (including phenoxy) is 1. The van der Waals surface area contributed by atoms with Gasteiger partial charge in [-0.25, -0.2) is 4.68 Å². The number of alkyl halides is 1. The molecule has 0 radical (unpaired) electrons. The van der Waals surface area contributed by atoms with Crippen LogP contribution in [-0.2, 0) is 4.74 Å². The van der Waals surface area contributed by atoms with E-state index in [2.05, 4.69) is 39.4 Å². The highest BCUT2D eigenvalue weighted by Crippen LogP contribution is 2.26. The lowest BCUT2D eigenvalue weighted by atomic mass is 10.1. The number of hydrogen-bond donors (Lipinski definition) is 0. The van der Waals surface area contributed by atoms with E-state index in [1.807, 2.05) is 4.68 Å². The van der Waals surface area contributed by atoms with E-state index in [0.29, 0.717) is 10.9 Å². The molecule has 0 amide bonds. The summed E-state index contributed by atoms with van der Waals surface area (Å²) in [6.45, 7) is 3.81. The van der Waals surface area contributed by atoms with Crippen LogP contribution in [0, 0.1) is 0 Å². The fourth-order valence-corrected chi connectivity index (χ4v) is 1.98. The predicted octanol–water partition coefficient (Wildman–Crippen LogP) is 2.48. The van der Waals surface area contributed by atoms with Crippen LogP contribution in [0.3, 0.4) is 0 Å². The summed E-state index contributed by atoms with van der Waals surface area (Å²) in [6.07, 6.45) is 5.18. The van der Waals surface area contributed by atoms with Gasteiger partial charge in [0.25, 0.3) is 0 Å². The van der Waals surface area contributed by atoms with Crippen molar-refractivity contribution in [3.63, 3.8) is 0 Å². The molecule has 1 aliphatic heterocycles. The van der Waals surface area contributed by atoms with Gasteiger partial charge < -0.3 is 4.74 Å². The lowest BCUT2D eigenvalue weighted by Gasteiger charge is -2.21. The van der Waals surface area contributed by atoms with E-state index in [0.717, 1.165) is 38.2 Å². The van der Waals surface area contributed by atoms with Crippen molar-refractivity contribution >= 4 is 15.9 Å². The van der Waals surface area contributed by atoms with Crippen LogP contribution in [-0.4, -0.2) is 28.2 Å². The van der Waals surface area contributed by atoms with Gasteiger partial charge in [0.2, 0.25) is 0 Å². The molecule has 84 valence electrons. The third kappa shape index (κ3) is 2.58. The molecule has 0 saturated carbocycles. The third-order valence-electron chi connectivity index (χ3n) is 2.77. The molecule has 0 N–H and O–H groups in total. The average molecular weight is 274 g/mol. The van der Waals surface area contributed by atoms with Gasteiger partial charge in [0, 0.05) is 19.4 Å². The SMILES string of the molecule is CCC(Br)c1cn(C2CCOCC2)nn1. The molecule has 1 saturated heterocycles. The molecular formula is C10H16BrN3O. The van der Waals surface area contributed by atoms with Crippen molar-refractivity contribution in [2.24, 2.45) is 0 Å². The average Bonchev–Trinajstić information content (AvgIpc) is 2.78. The molecule has 1 unspecified atom stereocenters. The van der Waals surface area contributed by atoms with Crippen molar-refractivity contribution in [1.82, 2.24) is 15.0 Å². The molecule has 0 aliphatic carbocycles. The van der Waals surface area contributed by atoms with Gasteiger partial charge in [0.05, 0.1) is 16.6 Å². The Morgan fingerprint density at radius 3 is 3.00 bits per heavy atom. The molecule has 0 bridgehead atoms. The van der Waals surface area contributed by atoms with Crippen LogP contribution in [0.1, 0.15) is 42.7 Å². The third-order valence-corrected chi connectivity index (χ3v) is 3.89. The van der Waals surface area contributed by atoms with Gasteiger partial charge in [-0.3, -0.25) is 0 Å². The Kier molecular flexibility index (Phi) is 3.75. The van der Waals surface area contributed by atoms with E-state index in [9.17, 15) is 0 Å². The molecule has 1 aromatic heterocycles. The largest absolute Gasteiger partial charge is 0.381 e. The maximum Gasteiger partial charge on any atom is 0.0963 e. The predicted molar refractivity (Wildman–Crippen MR) is 61.1 cm³/mol.